The van der Waals surface area contributed by atoms with Gasteiger partial charge in [0.1, 0.15) is 0 Å². The highest BCUT2D eigenvalue weighted by Crippen LogP contribution is 2.17. The van der Waals surface area contributed by atoms with Crippen LogP contribution in [0.3, 0.4) is 0 Å². The average Bonchev–Trinajstić information content (AvgIpc) is 2.32. The number of hydrogen-bond donors (Lipinski definition) is 1. The van der Waals surface area contributed by atoms with Crippen molar-refractivity contribution in [3.05, 3.63) is 53.3 Å². The van der Waals surface area contributed by atoms with Crippen molar-refractivity contribution in [1.29, 1.82) is 0 Å². The second-order valence-corrected chi connectivity index (χ2v) is 3.57. The molecule has 0 aliphatic carbocycles. The summed E-state index contributed by atoms with van der Waals surface area (Å²) in [6, 6.07) is 2.84. The minimum Gasteiger partial charge on any atom is -0.319 e. The van der Waals surface area contributed by atoms with Crippen molar-refractivity contribution >= 4 is 23.2 Å². The summed E-state index contributed by atoms with van der Waals surface area (Å²) in [5, 5.41) is 2.65. The van der Waals surface area contributed by atoms with Gasteiger partial charge >= 0.3 is 0 Å². The summed E-state index contributed by atoms with van der Waals surface area (Å²) >= 11 is 5.82. The van der Waals surface area contributed by atoms with Gasteiger partial charge < -0.3 is 5.32 Å². The fraction of sp³-hybridized carbons (Fsp3) is 0. The number of nitrogens with one attached hydrogen (secondary N) is 1. The molecule has 0 aliphatic heterocycles. The summed E-state index contributed by atoms with van der Waals surface area (Å²) in [5.41, 5.74) is 0.232. The van der Waals surface area contributed by atoms with Crippen LogP contribution < -0.4 is 5.32 Å². The number of carbonyl (C=O) groups is 1. The summed E-state index contributed by atoms with van der Waals surface area (Å²) in [5.74, 6) is -1.13. The Hall–Kier alpha value is -2.01. The molecule has 0 unspecified atom stereocenters. The molecule has 4 nitrogen and oxygen atoms in total. The van der Waals surface area contributed by atoms with Crippen LogP contribution in [0.15, 0.2) is 36.9 Å². The zero-order valence-electron chi connectivity index (χ0n) is 8.52. The van der Waals surface area contributed by atoms with E-state index in [1.807, 2.05) is 0 Å². The van der Waals surface area contributed by atoms with Gasteiger partial charge in [0.25, 0.3) is 5.91 Å². The molecule has 0 saturated carbocycles. The van der Waals surface area contributed by atoms with Gasteiger partial charge in [-0.05, 0) is 12.1 Å². The topological polar surface area (TPSA) is 54.9 Å². The summed E-state index contributed by atoms with van der Waals surface area (Å²) in [7, 11) is 0. The average molecular weight is 252 g/mol. The van der Waals surface area contributed by atoms with Crippen LogP contribution in [0.1, 0.15) is 10.4 Å². The molecule has 0 radical (unpaired) electrons. The lowest BCUT2D eigenvalue weighted by Gasteiger charge is -2.06. The van der Waals surface area contributed by atoms with Crippen molar-refractivity contribution in [2.45, 2.75) is 0 Å². The van der Waals surface area contributed by atoms with Crippen molar-refractivity contribution < 1.29 is 9.18 Å². The lowest BCUT2D eigenvalue weighted by atomic mass is 10.2. The van der Waals surface area contributed by atoms with Crippen molar-refractivity contribution in [1.82, 2.24) is 9.97 Å². The second-order valence-electron chi connectivity index (χ2n) is 3.17. The Morgan fingerprint density at radius 1 is 1.24 bits per heavy atom. The first-order valence-corrected chi connectivity index (χ1v) is 5.06. The SMILES string of the molecule is O=C(Nc1ccncc1F)c1cnccc1Cl. The lowest BCUT2D eigenvalue weighted by Crippen LogP contribution is -2.13. The van der Waals surface area contributed by atoms with Gasteiger partial charge in [-0.3, -0.25) is 14.8 Å². The van der Waals surface area contributed by atoms with Crippen LogP contribution in [0.4, 0.5) is 10.1 Å². The number of aromatic nitrogens is 2. The third-order valence-electron chi connectivity index (χ3n) is 2.03. The van der Waals surface area contributed by atoms with E-state index < -0.39 is 11.7 Å². The van der Waals surface area contributed by atoms with E-state index in [9.17, 15) is 9.18 Å². The monoisotopic (exact) mass is 251 g/mol. The number of carbonyl (C=O) groups excluding carboxylic acids is 1. The van der Waals surface area contributed by atoms with E-state index >= 15 is 0 Å². The molecule has 2 aromatic heterocycles. The quantitative estimate of drug-likeness (QED) is 0.892. The number of hydrogen-bond acceptors (Lipinski definition) is 3. The van der Waals surface area contributed by atoms with Crippen molar-refractivity contribution in [3.8, 4) is 0 Å². The molecular weight excluding hydrogens is 245 g/mol. The Morgan fingerprint density at radius 2 is 1.94 bits per heavy atom. The van der Waals surface area contributed by atoms with E-state index in [1.54, 1.807) is 0 Å². The highest BCUT2D eigenvalue weighted by Gasteiger charge is 2.12. The molecule has 2 rings (SSSR count). The first-order valence-electron chi connectivity index (χ1n) is 4.69. The van der Waals surface area contributed by atoms with Gasteiger partial charge in [-0.15, -0.1) is 0 Å². The number of anilines is 1. The molecule has 0 aliphatic rings. The molecule has 1 N–H and O–H groups in total. The maximum atomic E-state index is 13.2. The smallest absolute Gasteiger partial charge is 0.258 e. The van der Waals surface area contributed by atoms with E-state index in [4.69, 9.17) is 11.6 Å². The first kappa shape index (κ1) is 11.5. The van der Waals surface area contributed by atoms with Crippen LogP contribution in [0.2, 0.25) is 5.02 Å². The molecule has 6 heteroatoms. The molecule has 0 atom stereocenters. The summed E-state index contributed by atoms with van der Waals surface area (Å²) in [6.07, 6.45) is 5.17. The molecule has 0 bridgehead atoms. The predicted molar refractivity (Wildman–Crippen MR) is 61.4 cm³/mol. The maximum Gasteiger partial charge on any atom is 0.258 e. The van der Waals surface area contributed by atoms with E-state index in [-0.39, 0.29) is 16.3 Å². The fourth-order valence-electron chi connectivity index (χ4n) is 1.21. The highest BCUT2D eigenvalue weighted by molar-refractivity contribution is 6.34. The Labute approximate surface area is 101 Å². The summed E-state index contributed by atoms with van der Waals surface area (Å²) in [6.45, 7) is 0. The largest absolute Gasteiger partial charge is 0.319 e. The number of rotatable bonds is 2. The molecule has 0 saturated heterocycles. The van der Waals surface area contributed by atoms with Crippen molar-refractivity contribution in [2.75, 3.05) is 5.32 Å². The number of nitrogens with zero attached hydrogens (tertiary/aromatic N) is 2. The van der Waals surface area contributed by atoms with Crippen LogP contribution in [0.25, 0.3) is 0 Å². The minimum atomic E-state index is -0.610. The minimum absolute atomic E-state index is 0.0462. The Bertz CT molecular complexity index is 562. The third kappa shape index (κ3) is 2.57. The number of amides is 1. The van der Waals surface area contributed by atoms with Gasteiger partial charge in [0.2, 0.25) is 0 Å². The van der Waals surface area contributed by atoms with Gasteiger partial charge in [0, 0.05) is 18.6 Å². The van der Waals surface area contributed by atoms with Crippen LogP contribution in [-0.2, 0) is 0 Å². The fourth-order valence-corrected chi connectivity index (χ4v) is 1.40. The van der Waals surface area contributed by atoms with Gasteiger partial charge in [-0.2, -0.15) is 0 Å². The predicted octanol–water partition coefficient (Wildman–Crippen LogP) is 2.52. The Morgan fingerprint density at radius 3 is 2.65 bits per heavy atom. The molecule has 0 spiro atoms. The van der Waals surface area contributed by atoms with Gasteiger partial charge in [-0.1, -0.05) is 11.6 Å². The Balaban J connectivity index is 2.24. The summed E-state index contributed by atoms with van der Waals surface area (Å²) in [4.78, 5) is 19.1. The van der Waals surface area contributed by atoms with E-state index in [0.29, 0.717) is 0 Å². The Kier molecular flexibility index (Phi) is 3.30. The molecule has 0 aromatic carbocycles. The van der Waals surface area contributed by atoms with Gasteiger partial charge in [0.05, 0.1) is 22.5 Å². The zero-order chi connectivity index (χ0) is 12.3. The molecule has 86 valence electrons. The van der Waals surface area contributed by atoms with Crippen LogP contribution in [0.5, 0.6) is 0 Å². The molecule has 2 heterocycles. The molecular formula is C11H7ClFN3O. The van der Waals surface area contributed by atoms with Gasteiger partial charge in [0.15, 0.2) is 5.82 Å². The zero-order valence-corrected chi connectivity index (χ0v) is 9.28. The van der Waals surface area contributed by atoms with Crippen molar-refractivity contribution in [3.63, 3.8) is 0 Å². The first-order chi connectivity index (χ1) is 8.18. The van der Waals surface area contributed by atoms with E-state index in [2.05, 4.69) is 15.3 Å². The molecule has 0 fully saturated rings. The second kappa shape index (κ2) is 4.88. The van der Waals surface area contributed by atoms with Crippen molar-refractivity contribution in [2.24, 2.45) is 0 Å². The van der Waals surface area contributed by atoms with E-state index in [1.165, 1.54) is 30.7 Å². The summed E-state index contributed by atoms with van der Waals surface area (Å²) < 4.78 is 13.2. The van der Waals surface area contributed by atoms with E-state index in [0.717, 1.165) is 6.20 Å². The van der Waals surface area contributed by atoms with Crippen LogP contribution in [-0.4, -0.2) is 15.9 Å². The lowest BCUT2D eigenvalue weighted by molar-refractivity contribution is 0.102. The number of pyridine rings is 2. The normalized spacial score (nSPS) is 10.0. The molecule has 2 aromatic rings. The maximum absolute atomic E-state index is 13.2. The number of halogens is 2. The molecule has 1 amide bonds. The molecule has 17 heavy (non-hydrogen) atoms. The standard InChI is InChI=1S/C11H7ClFN3O/c12-8-1-3-14-5-7(8)11(17)16-10-2-4-15-6-9(10)13/h1-6H,(H,15,16,17). The third-order valence-corrected chi connectivity index (χ3v) is 2.36. The van der Waals surface area contributed by atoms with Crippen LogP contribution >= 0.6 is 11.6 Å². The van der Waals surface area contributed by atoms with Crippen LogP contribution in [0, 0.1) is 5.82 Å². The van der Waals surface area contributed by atoms with Gasteiger partial charge in [-0.25, -0.2) is 4.39 Å². The highest BCUT2D eigenvalue weighted by atomic mass is 35.5.